The Morgan fingerprint density at radius 1 is 1.47 bits per heavy atom. The smallest absolute Gasteiger partial charge is 0.175 e. The van der Waals surface area contributed by atoms with Crippen LogP contribution in [0, 0.1) is 5.41 Å². The van der Waals surface area contributed by atoms with E-state index in [-0.39, 0.29) is 0 Å². The number of hydrogen-bond acceptors (Lipinski definition) is 4. The predicted octanol–water partition coefficient (Wildman–Crippen LogP) is 2.83. The zero-order valence-electron chi connectivity index (χ0n) is 9.97. The van der Waals surface area contributed by atoms with Gasteiger partial charge in [-0.15, -0.1) is 0 Å². The molecule has 0 aromatic carbocycles. The number of aromatic nitrogens is 2. The normalized spacial score (nSPS) is 21.4. The average molecular weight is 229 g/mol. The summed E-state index contributed by atoms with van der Waals surface area (Å²) in [6, 6.07) is 3.87. The minimum atomic E-state index is 0.295. The number of pyridine rings is 1. The summed E-state index contributed by atoms with van der Waals surface area (Å²) in [7, 11) is 0. The molecule has 0 spiro atoms. The highest BCUT2D eigenvalue weighted by atomic mass is 16.5. The molecule has 1 aliphatic carbocycles. The van der Waals surface area contributed by atoms with Crippen LogP contribution in [-0.2, 0) is 0 Å². The zero-order valence-corrected chi connectivity index (χ0v) is 9.97. The summed E-state index contributed by atoms with van der Waals surface area (Å²) in [6.45, 7) is 4.45. The molecule has 0 aliphatic heterocycles. The Bertz CT molecular complexity index is 545. The number of hydrogen-bond donors (Lipinski definition) is 1. The second kappa shape index (κ2) is 3.32. The van der Waals surface area contributed by atoms with Gasteiger partial charge in [-0.2, -0.15) is 0 Å². The van der Waals surface area contributed by atoms with Gasteiger partial charge in [-0.05, 0) is 17.9 Å². The molecule has 17 heavy (non-hydrogen) atoms. The molecule has 4 nitrogen and oxygen atoms in total. The second-order valence-electron chi connectivity index (χ2n) is 5.29. The van der Waals surface area contributed by atoms with E-state index < -0.39 is 0 Å². The van der Waals surface area contributed by atoms with Crippen LogP contribution in [0.15, 0.2) is 29.0 Å². The van der Waals surface area contributed by atoms with Crippen molar-refractivity contribution in [1.29, 1.82) is 0 Å². The van der Waals surface area contributed by atoms with Gasteiger partial charge in [0.25, 0.3) is 0 Å². The number of nitrogens with two attached hydrogens (primary N) is 1. The lowest BCUT2D eigenvalue weighted by Gasteiger charge is -2.03. The standard InChI is InChI=1S/C13H15N3O/c1-13(2)6-9(13)11-10(12(14)16-17-11)8-4-3-5-15-7-8/h3-5,7,9H,6H2,1-2H3,(H2,14,16). The van der Waals surface area contributed by atoms with E-state index in [1.54, 1.807) is 12.4 Å². The molecular formula is C13H15N3O. The van der Waals surface area contributed by atoms with Gasteiger partial charge in [0, 0.05) is 23.9 Å². The highest BCUT2D eigenvalue weighted by Crippen LogP contribution is 2.60. The Hall–Kier alpha value is -1.84. The maximum atomic E-state index is 5.89. The quantitative estimate of drug-likeness (QED) is 0.860. The molecule has 2 aromatic heterocycles. The molecule has 0 radical (unpaired) electrons. The molecule has 0 bridgehead atoms. The van der Waals surface area contributed by atoms with Gasteiger partial charge < -0.3 is 10.3 Å². The SMILES string of the molecule is CC1(C)CC1c1onc(N)c1-c1cccnc1. The molecule has 1 atom stereocenters. The van der Waals surface area contributed by atoms with E-state index in [9.17, 15) is 0 Å². The van der Waals surface area contributed by atoms with Crippen LogP contribution in [0.5, 0.6) is 0 Å². The van der Waals surface area contributed by atoms with Crippen LogP contribution in [0.2, 0.25) is 0 Å². The van der Waals surface area contributed by atoms with Crippen LogP contribution in [0.4, 0.5) is 5.82 Å². The Labute approximate surface area is 99.8 Å². The van der Waals surface area contributed by atoms with Gasteiger partial charge in [-0.25, -0.2) is 0 Å². The molecule has 1 unspecified atom stereocenters. The Morgan fingerprint density at radius 3 is 2.82 bits per heavy atom. The molecule has 0 saturated heterocycles. The first kappa shape index (κ1) is 10.3. The third kappa shape index (κ3) is 1.60. The average Bonchev–Trinajstić information content (AvgIpc) is 2.78. The van der Waals surface area contributed by atoms with E-state index in [4.69, 9.17) is 10.3 Å². The number of rotatable bonds is 2. The van der Waals surface area contributed by atoms with Gasteiger partial charge in [0.15, 0.2) is 5.82 Å². The number of anilines is 1. The summed E-state index contributed by atoms with van der Waals surface area (Å²) in [6.07, 6.45) is 4.66. The molecule has 2 N–H and O–H groups in total. The molecule has 3 rings (SSSR count). The third-order valence-electron chi connectivity index (χ3n) is 3.53. The first-order valence-corrected chi connectivity index (χ1v) is 5.75. The third-order valence-corrected chi connectivity index (χ3v) is 3.53. The largest absolute Gasteiger partial charge is 0.380 e. The van der Waals surface area contributed by atoms with E-state index in [1.165, 1.54) is 0 Å². The fourth-order valence-electron chi connectivity index (χ4n) is 2.27. The first-order chi connectivity index (χ1) is 8.09. The number of nitrogen functional groups attached to an aromatic ring is 1. The lowest BCUT2D eigenvalue weighted by molar-refractivity contribution is 0.376. The van der Waals surface area contributed by atoms with Crippen LogP contribution in [0.1, 0.15) is 31.9 Å². The van der Waals surface area contributed by atoms with Crippen LogP contribution in [0.3, 0.4) is 0 Å². The molecule has 88 valence electrons. The molecule has 2 heterocycles. The van der Waals surface area contributed by atoms with E-state index in [1.807, 2.05) is 12.1 Å². The first-order valence-electron chi connectivity index (χ1n) is 5.75. The molecule has 1 aliphatic rings. The van der Waals surface area contributed by atoms with Gasteiger partial charge >= 0.3 is 0 Å². The van der Waals surface area contributed by atoms with Crippen molar-refractivity contribution in [1.82, 2.24) is 10.1 Å². The zero-order chi connectivity index (χ0) is 12.0. The van der Waals surface area contributed by atoms with Crippen molar-refractivity contribution >= 4 is 5.82 Å². The van der Waals surface area contributed by atoms with E-state index in [0.717, 1.165) is 23.3 Å². The van der Waals surface area contributed by atoms with Crippen molar-refractivity contribution in [2.45, 2.75) is 26.2 Å². The van der Waals surface area contributed by atoms with Crippen LogP contribution < -0.4 is 5.73 Å². The topological polar surface area (TPSA) is 64.9 Å². The molecule has 4 heteroatoms. The van der Waals surface area contributed by atoms with Crippen molar-refractivity contribution in [3.63, 3.8) is 0 Å². The van der Waals surface area contributed by atoms with Gasteiger partial charge in [0.05, 0.1) is 5.56 Å². The molecule has 0 amide bonds. The highest BCUT2D eigenvalue weighted by molar-refractivity contribution is 5.75. The van der Waals surface area contributed by atoms with Crippen molar-refractivity contribution in [3.05, 3.63) is 30.3 Å². The minimum Gasteiger partial charge on any atom is -0.380 e. The summed E-state index contributed by atoms with van der Waals surface area (Å²) in [5.74, 6) is 1.78. The van der Waals surface area contributed by atoms with Gasteiger partial charge in [-0.1, -0.05) is 25.1 Å². The Balaban J connectivity index is 2.08. The van der Waals surface area contributed by atoms with Crippen LogP contribution in [0.25, 0.3) is 11.1 Å². The summed E-state index contributed by atoms with van der Waals surface area (Å²) in [4.78, 5) is 4.11. The van der Waals surface area contributed by atoms with Crippen molar-refractivity contribution < 1.29 is 4.52 Å². The molecule has 1 saturated carbocycles. The van der Waals surface area contributed by atoms with Crippen molar-refractivity contribution in [2.24, 2.45) is 5.41 Å². The molecule has 1 fully saturated rings. The lowest BCUT2D eigenvalue weighted by Crippen LogP contribution is -1.93. The molecular weight excluding hydrogens is 214 g/mol. The maximum Gasteiger partial charge on any atom is 0.175 e. The summed E-state index contributed by atoms with van der Waals surface area (Å²) < 4.78 is 5.41. The molecule has 2 aromatic rings. The minimum absolute atomic E-state index is 0.295. The highest BCUT2D eigenvalue weighted by Gasteiger charge is 2.50. The maximum absolute atomic E-state index is 5.89. The van der Waals surface area contributed by atoms with E-state index in [2.05, 4.69) is 24.0 Å². The van der Waals surface area contributed by atoms with Gasteiger partial charge in [0.2, 0.25) is 0 Å². The summed E-state index contributed by atoms with van der Waals surface area (Å²) in [5, 5.41) is 3.89. The van der Waals surface area contributed by atoms with Crippen LogP contribution in [-0.4, -0.2) is 10.1 Å². The summed E-state index contributed by atoms with van der Waals surface area (Å²) >= 11 is 0. The monoisotopic (exact) mass is 229 g/mol. The van der Waals surface area contributed by atoms with E-state index >= 15 is 0 Å². The predicted molar refractivity (Wildman–Crippen MR) is 65.3 cm³/mol. The number of nitrogens with zero attached hydrogens (tertiary/aromatic N) is 2. The summed E-state index contributed by atoms with van der Waals surface area (Å²) in [5.41, 5.74) is 8.08. The fraction of sp³-hybridized carbons (Fsp3) is 0.385. The second-order valence-corrected chi connectivity index (χ2v) is 5.29. The van der Waals surface area contributed by atoms with Gasteiger partial charge in [-0.3, -0.25) is 4.98 Å². The lowest BCUT2D eigenvalue weighted by atomic mass is 10.0. The fourth-order valence-corrected chi connectivity index (χ4v) is 2.27. The van der Waals surface area contributed by atoms with E-state index in [0.29, 0.717) is 17.2 Å². The van der Waals surface area contributed by atoms with Crippen molar-refractivity contribution in [3.8, 4) is 11.1 Å². The van der Waals surface area contributed by atoms with Crippen LogP contribution >= 0.6 is 0 Å². The van der Waals surface area contributed by atoms with Crippen molar-refractivity contribution in [2.75, 3.05) is 5.73 Å². The van der Waals surface area contributed by atoms with Gasteiger partial charge in [0.1, 0.15) is 5.76 Å². The Kier molecular flexibility index (Phi) is 2.02. The Morgan fingerprint density at radius 2 is 2.24 bits per heavy atom.